The number of fused-ring (bicyclic) bond motifs is 4. The van der Waals surface area contributed by atoms with Crippen LogP contribution in [0.25, 0.3) is 27.6 Å². The fraction of sp³-hybridized carbons (Fsp3) is 0.0800. The van der Waals surface area contributed by atoms with Gasteiger partial charge in [-0.05, 0) is 42.5 Å². The van der Waals surface area contributed by atoms with E-state index in [1.54, 1.807) is 42.5 Å². The number of nitrogens with zero attached hydrogens (tertiary/aromatic N) is 2. The molecule has 2 aromatic heterocycles. The molecular weight excluding hydrogens is 488 g/mol. The van der Waals surface area contributed by atoms with Gasteiger partial charge in [-0.3, -0.25) is 14.2 Å². The first-order valence-electron chi connectivity index (χ1n) is 10.7. The summed E-state index contributed by atoms with van der Waals surface area (Å²) in [6.07, 6.45) is 0. The van der Waals surface area contributed by atoms with Crippen LogP contribution in [0.2, 0.25) is 5.02 Å². The Morgan fingerprint density at radius 1 is 1.09 bits per heavy atom. The monoisotopic (exact) mass is 504 g/mol. The van der Waals surface area contributed by atoms with Crippen LogP contribution in [0, 0.1) is 0 Å². The van der Waals surface area contributed by atoms with E-state index >= 15 is 0 Å². The van der Waals surface area contributed by atoms with Crippen molar-refractivity contribution in [3.63, 3.8) is 0 Å². The Bertz CT molecular complexity index is 1660. The lowest BCUT2D eigenvalue weighted by Crippen LogP contribution is -2.23. The first-order valence-corrected chi connectivity index (χ1v) is 12.0. The van der Waals surface area contributed by atoms with Crippen LogP contribution in [0.4, 0.5) is 5.69 Å². The molecule has 0 unspecified atom stereocenters. The van der Waals surface area contributed by atoms with Crippen LogP contribution in [0.3, 0.4) is 0 Å². The number of thioether (sulfide) groups is 1. The number of aromatic nitrogens is 3. The highest BCUT2D eigenvalue weighted by Crippen LogP contribution is 2.34. The third kappa shape index (κ3) is 3.98. The number of halogens is 1. The van der Waals surface area contributed by atoms with E-state index in [9.17, 15) is 9.59 Å². The number of carbonyl (C=O) groups is 1. The van der Waals surface area contributed by atoms with Gasteiger partial charge in [0.1, 0.15) is 11.0 Å². The summed E-state index contributed by atoms with van der Waals surface area (Å²) in [5.74, 6) is 1.02. The summed E-state index contributed by atoms with van der Waals surface area (Å²) in [4.78, 5) is 34.3. The van der Waals surface area contributed by atoms with E-state index in [1.807, 2.05) is 24.3 Å². The largest absolute Gasteiger partial charge is 0.454 e. The zero-order valence-electron chi connectivity index (χ0n) is 18.1. The van der Waals surface area contributed by atoms with Gasteiger partial charge in [0, 0.05) is 27.7 Å². The number of hydrogen-bond donors (Lipinski definition) is 2. The minimum Gasteiger partial charge on any atom is -0.454 e. The van der Waals surface area contributed by atoms with Gasteiger partial charge in [0.2, 0.25) is 12.7 Å². The number of amides is 1. The van der Waals surface area contributed by atoms with Gasteiger partial charge in [-0.2, -0.15) is 0 Å². The van der Waals surface area contributed by atoms with Crippen LogP contribution < -0.4 is 20.3 Å². The van der Waals surface area contributed by atoms with E-state index in [4.69, 9.17) is 26.1 Å². The Morgan fingerprint density at radius 2 is 1.89 bits per heavy atom. The molecule has 35 heavy (non-hydrogen) atoms. The van der Waals surface area contributed by atoms with Crippen LogP contribution >= 0.6 is 23.4 Å². The zero-order valence-corrected chi connectivity index (χ0v) is 19.7. The lowest BCUT2D eigenvalue weighted by atomic mass is 10.2. The maximum absolute atomic E-state index is 13.6. The van der Waals surface area contributed by atoms with Crippen LogP contribution in [-0.4, -0.2) is 33.0 Å². The molecule has 6 rings (SSSR count). The molecule has 5 aromatic rings. The second-order valence-electron chi connectivity index (χ2n) is 7.81. The van der Waals surface area contributed by atoms with Gasteiger partial charge in [0.25, 0.3) is 5.56 Å². The molecule has 10 heteroatoms. The Labute approximate surface area is 207 Å². The highest BCUT2D eigenvalue weighted by molar-refractivity contribution is 7.99. The number of H-pyrrole nitrogens is 1. The average Bonchev–Trinajstić information content (AvgIpc) is 3.48. The standard InChI is InChI=1S/C25H17ClN4O4S/c26-14-5-8-16(9-6-14)30-24(32)23-22(17-3-1-2-4-18(17)28-23)29-25(30)35-12-21(31)27-15-7-10-19-20(11-15)34-13-33-19/h1-11,28H,12-13H2,(H,27,31). The van der Waals surface area contributed by atoms with Crippen molar-refractivity contribution in [1.82, 2.24) is 14.5 Å². The van der Waals surface area contributed by atoms with E-state index in [0.29, 0.717) is 44.1 Å². The third-order valence-corrected chi connectivity index (χ3v) is 6.76. The van der Waals surface area contributed by atoms with Crippen molar-refractivity contribution < 1.29 is 14.3 Å². The van der Waals surface area contributed by atoms with Crippen LogP contribution in [-0.2, 0) is 4.79 Å². The van der Waals surface area contributed by atoms with Crippen molar-refractivity contribution in [1.29, 1.82) is 0 Å². The number of hydrogen-bond acceptors (Lipinski definition) is 6. The molecule has 3 aromatic carbocycles. The number of rotatable bonds is 5. The Balaban J connectivity index is 1.36. The van der Waals surface area contributed by atoms with Crippen molar-refractivity contribution in [2.75, 3.05) is 17.9 Å². The Kier molecular flexibility index (Phi) is 5.35. The van der Waals surface area contributed by atoms with Gasteiger partial charge >= 0.3 is 0 Å². The quantitative estimate of drug-likeness (QED) is 0.259. The van der Waals surface area contributed by atoms with Gasteiger partial charge < -0.3 is 19.8 Å². The number of aromatic amines is 1. The van der Waals surface area contributed by atoms with Crippen molar-refractivity contribution >= 4 is 56.9 Å². The van der Waals surface area contributed by atoms with Crippen molar-refractivity contribution in [3.8, 4) is 17.2 Å². The molecule has 0 bridgehead atoms. The number of carbonyl (C=O) groups excluding carboxylic acids is 1. The predicted molar refractivity (Wildman–Crippen MR) is 136 cm³/mol. The minimum absolute atomic E-state index is 0.0440. The summed E-state index contributed by atoms with van der Waals surface area (Å²) in [7, 11) is 0. The molecule has 1 aliphatic heterocycles. The molecule has 0 saturated carbocycles. The fourth-order valence-corrected chi connectivity index (χ4v) is 4.89. The second kappa shape index (κ2) is 8.68. The minimum atomic E-state index is -0.257. The molecule has 3 heterocycles. The van der Waals surface area contributed by atoms with Crippen molar-refractivity contribution in [3.05, 3.63) is 82.1 Å². The predicted octanol–water partition coefficient (Wildman–Crippen LogP) is 4.98. The first-order chi connectivity index (χ1) is 17.1. The normalized spacial score (nSPS) is 12.4. The summed E-state index contributed by atoms with van der Waals surface area (Å²) in [6, 6.07) is 19.7. The smallest absolute Gasteiger partial charge is 0.283 e. The second-order valence-corrected chi connectivity index (χ2v) is 9.19. The number of para-hydroxylation sites is 1. The summed E-state index contributed by atoms with van der Waals surface area (Å²) < 4.78 is 12.2. The number of anilines is 1. The van der Waals surface area contributed by atoms with Crippen molar-refractivity contribution in [2.45, 2.75) is 5.16 Å². The maximum atomic E-state index is 13.6. The molecule has 1 aliphatic rings. The van der Waals surface area contributed by atoms with Gasteiger partial charge in [-0.15, -0.1) is 0 Å². The van der Waals surface area contributed by atoms with Gasteiger partial charge in [0.15, 0.2) is 16.7 Å². The number of benzene rings is 3. The van der Waals surface area contributed by atoms with Crippen LogP contribution in [0.5, 0.6) is 11.5 Å². The molecule has 8 nitrogen and oxygen atoms in total. The summed E-state index contributed by atoms with van der Waals surface area (Å²) in [6.45, 7) is 0.160. The summed E-state index contributed by atoms with van der Waals surface area (Å²) >= 11 is 7.23. The molecular formula is C25H17ClN4O4S. The van der Waals surface area contributed by atoms with E-state index in [-0.39, 0.29) is 24.0 Å². The molecule has 0 saturated heterocycles. The molecule has 1 amide bonds. The lowest BCUT2D eigenvalue weighted by molar-refractivity contribution is -0.113. The topological polar surface area (TPSA) is 98.2 Å². The molecule has 0 fully saturated rings. The molecule has 0 spiro atoms. The first kappa shape index (κ1) is 21.6. The fourth-order valence-electron chi connectivity index (χ4n) is 3.96. The van der Waals surface area contributed by atoms with E-state index < -0.39 is 0 Å². The number of nitrogens with one attached hydrogen (secondary N) is 2. The third-order valence-electron chi connectivity index (χ3n) is 5.57. The summed E-state index contributed by atoms with van der Waals surface area (Å²) in [5.41, 5.74) is 2.72. The molecule has 0 radical (unpaired) electrons. The highest BCUT2D eigenvalue weighted by Gasteiger charge is 2.19. The molecule has 0 atom stereocenters. The lowest BCUT2D eigenvalue weighted by Gasteiger charge is -2.12. The Morgan fingerprint density at radius 3 is 2.74 bits per heavy atom. The molecule has 0 aliphatic carbocycles. The SMILES string of the molecule is O=C(CSc1nc2c([nH]c3ccccc32)c(=O)n1-c1ccc(Cl)cc1)Nc1ccc2c(c1)OCO2. The number of ether oxygens (including phenoxy) is 2. The molecule has 174 valence electrons. The zero-order chi connectivity index (χ0) is 23.9. The van der Waals surface area contributed by atoms with Gasteiger partial charge in [-0.25, -0.2) is 4.98 Å². The highest BCUT2D eigenvalue weighted by atomic mass is 35.5. The van der Waals surface area contributed by atoms with Crippen LogP contribution in [0.1, 0.15) is 0 Å². The van der Waals surface area contributed by atoms with E-state index in [1.165, 1.54) is 16.3 Å². The van der Waals surface area contributed by atoms with E-state index in [0.717, 1.165) is 10.9 Å². The maximum Gasteiger partial charge on any atom is 0.283 e. The average molecular weight is 505 g/mol. The van der Waals surface area contributed by atoms with Gasteiger partial charge in [-0.1, -0.05) is 41.6 Å². The van der Waals surface area contributed by atoms with E-state index in [2.05, 4.69) is 10.3 Å². The summed E-state index contributed by atoms with van der Waals surface area (Å²) in [5, 5.41) is 4.65. The molecule has 2 N–H and O–H groups in total. The van der Waals surface area contributed by atoms with Gasteiger partial charge in [0.05, 0.1) is 11.4 Å². The van der Waals surface area contributed by atoms with Crippen molar-refractivity contribution in [2.24, 2.45) is 0 Å². The van der Waals surface area contributed by atoms with Crippen LogP contribution in [0.15, 0.2) is 76.7 Å². The Hall–Kier alpha value is -3.95.